The van der Waals surface area contributed by atoms with Crippen LogP contribution < -0.4 is 5.73 Å². The van der Waals surface area contributed by atoms with Crippen LogP contribution in [0.3, 0.4) is 0 Å². The third kappa shape index (κ3) is 1.83. The van der Waals surface area contributed by atoms with Gasteiger partial charge in [-0.3, -0.25) is 4.98 Å². The first-order chi connectivity index (χ1) is 8.84. The molecule has 2 aromatic rings. The number of nitrogens with zero attached hydrogens (tertiary/aromatic N) is 1. The molecule has 92 valence electrons. The molecule has 1 saturated carbocycles. The van der Waals surface area contributed by atoms with Crippen molar-refractivity contribution in [1.29, 1.82) is 0 Å². The topological polar surface area (TPSA) is 38.9 Å². The van der Waals surface area contributed by atoms with Gasteiger partial charge in [0.15, 0.2) is 0 Å². The van der Waals surface area contributed by atoms with E-state index in [0.717, 1.165) is 12.8 Å². The summed E-state index contributed by atoms with van der Waals surface area (Å²) in [5.41, 5.74) is 8.89. The van der Waals surface area contributed by atoms with Crippen molar-refractivity contribution in [3.63, 3.8) is 0 Å². The van der Waals surface area contributed by atoms with E-state index in [1.165, 1.54) is 11.1 Å². The lowest BCUT2D eigenvalue weighted by molar-refractivity contribution is 0.208. The van der Waals surface area contributed by atoms with Gasteiger partial charge >= 0.3 is 0 Å². The summed E-state index contributed by atoms with van der Waals surface area (Å²) in [5.74, 6) is 0.648. The molecule has 1 aromatic heterocycles. The minimum absolute atomic E-state index is 0.148. The number of pyridine rings is 1. The van der Waals surface area contributed by atoms with Crippen molar-refractivity contribution in [2.45, 2.75) is 24.2 Å². The van der Waals surface area contributed by atoms with E-state index in [1.807, 2.05) is 18.5 Å². The SMILES string of the molecule is NCC1(c2cccnc2)CC(c2ccccc2)C1. The molecule has 1 heterocycles. The summed E-state index contributed by atoms with van der Waals surface area (Å²) in [6.45, 7) is 0.710. The number of hydrogen-bond donors (Lipinski definition) is 1. The number of nitrogens with two attached hydrogens (primary N) is 1. The van der Waals surface area contributed by atoms with E-state index in [1.54, 1.807) is 0 Å². The van der Waals surface area contributed by atoms with Crippen LogP contribution in [0.2, 0.25) is 0 Å². The molecule has 18 heavy (non-hydrogen) atoms. The van der Waals surface area contributed by atoms with Gasteiger partial charge in [-0.2, -0.15) is 0 Å². The van der Waals surface area contributed by atoms with Gasteiger partial charge in [0.25, 0.3) is 0 Å². The molecule has 0 bridgehead atoms. The Labute approximate surface area is 108 Å². The standard InChI is InChI=1S/C16H18N2/c17-12-16(15-7-4-8-18-11-15)9-14(10-16)13-5-2-1-3-6-13/h1-8,11,14H,9-10,12,17H2. The Morgan fingerprint density at radius 2 is 1.89 bits per heavy atom. The summed E-state index contributed by atoms with van der Waals surface area (Å²) in [4.78, 5) is 4.22. The summed E-state index contributed by atoms with van der Waals surface area (Å²) in [6, 6.07) is 14.9. The molecule has 2 N–H and O–H groups in total. The second-order valence-corrected chi connectivity index (χ2v) is 5.24. The maximum atomic E-state index is 6.01. The highest BCUT2D eigenvalue weighted by atomic mass is 14.7. The lowest BCUT2D eigenvalue weighted by Crippen LogP contribution is -2.46. The van der Waals surface area contributed by atoms with E-state index in [2.05, 4.69) is 41.4 Å². The first-order valence-electron chi connectivity index (χ1n) is 6.50. The third-order valence-electron chi connectivity index (χ3n) is 4.21. The van der Waals surface area contributed by atoms with Gasteiger partial charge in [0.05, 0.1) is 0 Å². The molecule has 1 aliphatic carbocycles. The lowest BCUT2D eigenvalue weighted by Gasteiger charge is -2.47. The van der Waals surface area contributed by atoms with Crippen molar-refractivity contribution in [2.24, 2.45) is 5.73 Å². The summed E-state index contributed by atoms with van der Waals surface area (Å²) < 4.78 is 0. The second-order valence-electron chi connectivity index (χ2n) is 5.24. The van der Waals surface area contributed by atoms with Crippen molar-refractivity contribution in [3.8, 4) is 0 Å². The Morgan fingerprint density at radius 1 is 1.11 bits per heavy atom. The smallest absolute Gasteiger partial charge is 0.0306 e. The van der Waals surface area contributed by atoms with Crippen LogP contribution in [0.25, 0.3) is 0 Å². The molecule has 0 aliphatic heterocycles. The molecule has 0 atom stereocenters. The van der Waals surface area contributed by atoms with Crippen LogP contribution in [0.5, 0.6) is 0 Å². The maximum Gasteiger partial charge on any atom is 0.0306 e. The molecule has 0 spiro atoms. The first kappa shape index (κ1) is 11.4. The van der Waals surface area contributed by atoms with Gasteiger partial charge in [0, 0.05) is 24.4 Å². The zero-order valence-electron chi connectivity index (χ0n) is 10.4. The Morgan fingerprint density at radius 3 is 2.50 bits per heavy atom. The van der Waals surface area contributed by atoms with Gasteiger partial charge in [-0.15, -0.1) is 0 Å². The fourth-order valence-corrected chi connectivity index (χ4v) is 3.04. The average Bonchev–Trinajstić information content (AvgIpc) is 2.41. The molecule has 1 aliphatic rings. The molecule has 0 unspecified atom stereocenters. The van der Waals surface area contributed by atoms with Crippen LogP contribution in [-0.2, 0) is 5.41 Å². The monoisotopic (exact) mass is 238 g/mol. The zero-order valence-corrected chi connectivity index (χ0v) is 10.4. The van der Waals surface area contributed by atoms with Crippen molar-refractivity contribution in [2.75, 3.05) is 6.54 Å². The quantitative estimate of drug-likeness (QED) is 0.893. The van der Waals surface area contributed by atoms with Gasteiger partial charge in [-0.1, -0.05) is 36.4 Å². The van der Waals surface area contributed by atoms with Crippen LogP contribution in [0.15, 0.2) is 54.9 Å². The molecular weight excluding hydrogens is 220 g/mol. The van der Waals surface area contributed by atoms with Crippen LogP contribution in [0.1, 0.15) is 29.9 Å². The molecule has 0 radical (unpaired) electrons. The first-order valence-corrected chi connectivity index (χ1v) is 6.50. The number of aromatic nitrogens is 1. The van der Waals surface area contributed by atoms with Crippen LogP contribution in [-0.4, -0.2) is 11.5 Å². The summed E-state index contributed by atoms with van der Waals surface area (Å²) in [6.07, 6.45) is 6.06. The Balaban J connectivity index is 1.80. The number of benzene rings is 1. The Bertz CT molecular complexity index is 501. The third-order valence-corrected chi connectivity index (χ3v) is 4.21. The predicted molar refractivity (Wildman–Crippen MR) is 73.4 cm³/mol. The molecule has 0 saturated heterocycles. The molecule has 0 amide bonds. The molecule has 1 aromatic carbocycles. The number of hydrogen-bond acceptors (Lipinski definition) is 2. The molecular formula is C16H18N2. The fraction of sp³-hybridized carbons (Fsp3) is 0.312. The zero-order chi connectivity index (χ0) is 12.4. The second kappa shape index (κ2) is 4.54. The van der Waals surface area contributed by atoms with Crippen molar-refractivity contribution < 1.29 is 0 Å². The molecule has 3 rings (SSSR count). The predicted octanol–water partition coefficient (Wildman–Crippen LogP) is 2.86. The van der Waals surface area contributed by atoms with Crippen molar-refractivity contribution in [1.82, 2.24) is 4.98 Å². The van der Waals surface area contributed by atoms with E-state index in [-0.39, 0.29) is 5.41 Å². The van der Waals surface area contributed by atoms with Gasteiger partial charge < -0.3 is 5.73 Å². The fourth-order valence-electron chi connectivity index (χ4n) is 3.04. The summed E-state index contributed by atoms with van der Waals surface area (Å²) >= 11 is 0. The highest BCUT2D eigenvalue weighted by molar-refractivity contribution is 5.33. The number of rotatable bonds is 3. The van der Waals surface area contributed by atoms with Gasteiger partial charge in [0.1, 0.15) is 0 Å². The Kier molecular flexibility index (Phi) is 2.88. The van der Waals surface area contributed by atoms with Crippen molar-refractivity contribution >= 4 is 0 Å². The minimum atomic E-state index is 0.148. The van der Waals surface area contributed by atoms with E-state index >= 15 is 0 Å². The van der Waals surface area contributed by atoms with Crippen LogP contribution >= 0.6 is 0 Å². The Hall–Kier alpha value is -1.67. The molecule has 1 fully saturated rings. The van der Waals surface area contributed by atoms with Gasteiger partial charge in [0.2, 0.25) is 0 Å². The molecule has 2 nitrogen and oxygen atoms in total. The van der Waals surface area contributed by atoms with Gasteiger partial charge in [-0.25, -0.2) is 0 Å². The highest BCUT2D eigenvalue weighted by Crippen LogP contribution is 2.51. The average molecular weight is 238 g/mol. The normalized spacial score (nSPS) is 26.6. The summed E-state index contributed by atoms with van der Waals surface area (Å²) in [7, 11) is 0. The van der Waals surface area contributed by atoms with Crippen LogP contribution in [0, 0.1) is 0 Å². The van der Waals surface area contributed by atoms with Crippen molar-refractivity contribution in [3.05, 3.63) is 66.0 Å². The van der Waals surface area contributed by atoms with Crippen LogP contribution in [0.4, 0.5) is 0 Å². The summed E-state index contributed by atoms with van der Waals surface area (Å²) in [5, 5.41) is 0. The maximum absolute atomic E-state index is 6.01. The van der Waals surface area contributed by atoms with Gasteiger partial charge in [-0.05, 0) is 36.0 Å². The van der Waals surface area contributed by atoms with E-state index < -0.39 is 0 Å². The van der Waals surface area contributed by atoms with E-state index in [4.69, 9.17) is 5.73 Å². The van der Waals surface area contributed by atoms with E-state index in [9.17, 15) is 0 Å². The molecule has 2 heteroatoms. The largest absolute Gasteiger partial charge is 0.330 e. The van der Waals surface area contributed by atoms with E-state index in [0.29, 0.717) is 12.5 Å². The minimum Gasteiger partial charge on any atom is -0.330 e. The highest BCUT2D eigenvalue weighted by Gasteiger charge is 2.44. The lowest BCUT2D eigenvalue weighted by atomic mass is 9.57.